The van der Waals surface area contributed by atoms with E-state index in [1.54, 1.807) is 0 Å². The molecule has 41 heavy (non-hydrogen) atoms. The van der Waals surface area contributed by atoms with Crippen LogP contribution in [0.2, 0.25) is 0 Å². The van der Waals surface area contributed by atoms with Gasteiger partial charge in [-0.2, -0.15) is 0 Å². The van der Waals surface area contributed by atoms with Gasteiger partial charge >= 0.3 is 11.9 Å². The molecule has 6 aromatic carbocycles. The summed E-state index contributed by atoms with van der Waals surface area (Å²) >= 11 is 0. The highest BCUT2D eigenvalue weighted by atomic mass is 16.5. The van der Waals surface area contributed by atoms with Gasteiger partial charge in [0.15, 0.2) is 0 Å². The van der Waals surface area contributed by atoms with Crippen LogP contribution in [-0.2, 0) is 32.3 Å². The lowest BCUT2D eigenvalue weighted by Crippen LogP contribution is -2.10. The Balaban J connectivity index is 1.43. The topological polar surface area (TPSA) is 55.8 Å². The van der Waals surface area contributed by atoms with Gasteiger partial charge in [-0.25, -0.2) is 9.59 Å². The third kappa shape index (κ3) is 5.13. The minimum atomic E-state index is -0.455. The zero-order valence-electron chi connectivity index (χ0n) is 22.4. The van der Waals surface area contributed by atoms with Gasteiger partial charge < -0.3 is 14.4 Å². The molecule has 0 amide bonds. The van der Waals surface area contributed by atoms with Gasteiger partial charge in [0.05, 0.1) is 0 Å². The van der Waals surface area contributed by atoms with Crippen molar-refractivity contribution in [1.29, 1.82) is 0 Å². The van der Waals surface area contributed by atoms with E-state index in [1.165, 1.54) is 21.5 Å². The maximum absolute atomic E-state index is 11.5. The first kappa shape index (κ1) is 25.8. The number of rotatable bonds is 9. The van der Waals surface area contributed by atoms with E-state index in [0.29, 0.717) is 0 Å². The Hall–Kier alpha value is -5.42. The zero-order valence-corrected chi connectivity index (χ0v) is 22.4. The van der Waals surface area contributed by atoms with Crippen molar-refractivity contribution in [3.63, 3.8) is 0 Å². The van der Waals surface area contributed by atoms with Gasteiger partial charge in [-0.15, -0.1) is 0 Å². The lowest BCUT2D eigenvalue weighted by Gasteiger charge is -2.27. The lowest BCUT2D eigenvalue weighted by molar-refractivity contribution is -0.139. The predicted octanol–water partition coefficient (Wildman–Crippen LogP) is 8.51. The minimum Gasteiger partial charge on any atom is -0.458 e. The molecule has 0 aliphatic rings. The van der Waals surface area contributed by atoms with Crippen LogP contribution in [0.15, 0.2) is 128 Å². The molecule has 0 atom stereocenters. The van der Waals surface area contributed by atoms with Crippen molar-refractivity contribution in [1.82, 2.24) is 0 Å². The SMILES string of the molecule is C=CC(=O)OCc1ccc(N(c2ccc(COC(=O)C=C)cc2)c2cc3ccc4cccc5ccc(c2)c3c45)cc1. The zero-order chi connectivity index (χ0) is 28.3. The van der Waals surface area contributed by atoms with Gasteiger partial charge in [-0.1, -0.05) is 79.9 Å². The van der Waals surface area contributed by atoms with E-state index >= 15 is 0 Å². The van der Waals surface area contributed by atoms with E-state index in [9.17, 15) is 9.59 Å². The lowest BCUT2D eigenvalue weighted by atomic mass is 9.93. The Kier molecular flexibility index (Phi) is 6.92. The fraction of sp³-hybridized carbons (Fsp3) is 0.0556. The summed E-state index contributed by atoms with van der Waals surface area (Å²) in [5, 5.41) is 7.30. The van der Waals surface area contributed by atoms with Gasteiger partial charge in [-0.05, 0) is 79.8 Å². The second-order valence-corrected chi connectivity index (χ2v) is 9.77. The standard InChI is InChI=1S/C36H27NO4/c1-3-33(38)40-22-24-8-16-30(17-9-24)37(31-18-10-25(11-19-31)23-41-34(39)4-2)32-20-28-14-12-26-6-5-7-27-13-15-29(21-32)36(28)35(26)27/h3-21H,1-2,22-23H2. The molecular weight excluding hydrogens is 510 g/mol. The molecule has 0 bridgehead atoms. The molecule has 0 saturated heterocycles. The second kappa shape index (κ2) is 11.0. The third-order valence-corrected chi connectivity index (χ3v) is 7.19. The van der Waals surface area contributed by atoms with Crippen LogP contribution in [0.4, 0.5) is 17.1 Å². The molecule has 0 N–H and O–H groups in total. The Morgan fingerprint density at radius 1 is 0.561 bits per heavy atom. The van der Waals surface area contributed by atoms with Gasteiger partial charge in [0, 0.05) is 29.2 Å². The summed E-state index contributed by atoms with van der Waals surface area (Å²) in [6, 6.07) is 35.4. The Labute approximate surface area is 237 Å². The number of carbonyl (C=O) groups is 2. The summed E-state index contributed by atoms with van der Waals surface area (Å²) < 4.78 is 10.4. The predicted molar refractivity (Wildman–Crippen MR) is 165 cm³/mol. The first-order valence-corrected chi connectivity index (χ1v) is 13.3. The van der Waals surface area contributed by atoms with Crippen LogP contribution in [0.3, 0.4) is 0 Å². The largest absolute Gasteiger partial charge is 0.458 e. The Morgan fingerprint density at radius 2 is 0.976 bits per heavy atom. The number of esters is 2. The van der Waals surface area contributed by atoms with Crippen LogP contribution in [0.1, 0.15) is 11.1 Å². The first-order chi connectivity index (χ1) is 20.0. The summed E-state index contributed by atoms with van der Waals surface area (Å²) in [6.07, 6.45) is 2.32. The molecule has 0 unspecified atom stereocenters. The molecule has 6 rings (SSSR count). The average molecular weight is 538 g/mol. The molecule has 5 nitrogen and oxygen atoms in total. The van der Waals surface area contributed by atoms with Gasteiger partial charge in [0.25, 0.3) is 0 Å². The van der Waals surface area contributed by atoms with Crippen molar-refractivity contribution in [3.05, 3.63) is 140 Å². The molecule has 0 spiro atoms. The van der Waals surface area contributed by atoms with Gasteiger partial charge in [0.1, 0.15) is 13.2 Å². The first-order valence-electron chi connectivity index (χ1n) is 13.3. The summed E-state index contributed by atoms with van der Waals surface area (Å²) in [5.74, 6) is -0.910. The summed E-state index contributed by atoms with van der Waals surface area (Å²) in [6.45, 7) is 7.24. The molecule has 0 aromatic heterocycles. The molecule has 200 valence electrons. The van der Waals surface area contributed by atoms with Crippen LogP contribution in [-0.4, -0.2) is 11.9 Å². The summed E-state index contributed by atoms with van der Waals surface area (Å²) in [5.41, 5.74) is 4.65. The number of hydrogen-bond acceptors (Lipinski definition) is 5. The molecule has 0 aliphatic heterocycles. The van der Waals surface area contributed by atoms with E-state index in [4.69, 9.17) is 9.47 Å². The molecule has 0 fully saturated rings. The second-order valence-electron chi connectivity index (χ2n) is 9.77. The molecule has 0 saturated carbocycles. The molecule has 0 heterocycles. The maximum atomic E-state index is 11.5. The number of anilines is 3. The van der Waals surface area contributed by atoms with E-state index in [0.717, 1.165) is 51.1 Å². The van der Waals surface area contributed by atoms with Crippen molar-refractivity contribution in [3.8, 4) is 0 Å². The number of benzene rings is 6. The monoisotopic (exact) mass is 537 g/mol. The minimum absolute atomic E-state index is 0.170. The molecule has 0 aliphatic carbocycles. The molecule has 6 aromatic rings. The summed E-state index contributed by atoms with van der Waals surface area (Å²) in [4.78, 5) is 25.2. The number of nitrogens with zero attached hydrogens (tertiary/aromatic N) is 1. The van der Waals surface area contributed by atoms with Crippen molar-refractivity contribution in [2.45, 2.75) is 13.2 Å². The van der Waals surface area contributed by atoms with Gasteiger partial charge in [0.2, 0.25) is 0 Å². The normalized spacial score (nSPS) is 11.0. The number of hydrogen-bond donors (Lipinski definition) is 0. The fourth-order valence-electron chi connectivity index (χ4n) is 5.22. The third-order valence-electron chi connectivity index (χ3n) is 7.19. The van der Waals surface area contributed by atoms with Crippen LogP contribution < -0.4 is 4.90 Å². The fourth-order valence-corrected chi connectivity index (χ4v) is 5.22. The maximum Gasteiger partial charge on any atom is 0.330 e. The van der Waals surface area contributed by atoms with E-state index in [2.05, 4.69) is 72.7 Å². The van der Waals surface area contributed by atoms with E-state index in [1.807, 2.05) is 48.5 Å². The highest BCUT2D eigenvalue weighted by molar-refractivity contribution is 6.23. The smallest absolute Gasteiger partial charge is 0.330 e. The van der Waals surface area contributed by atoms with E-state index in [-0.39, 0.29) is 13.2 Å². The van der Waals surface area contributed by atoms with Crippen LogP contribution in [0.25, 0.3) is 32.3 Å². The highest BCUT2D eigenvalue weighted by Crippen LogP contribution is 2.41. The summed E-state index contributed by atoms with van der Waals surface area (Å²) in [7, 11) is 0. The Morgan fingerprint density at radius 3 is 1.41 bits per heavy atom. The van der Waals surface area contributed by atoms with Crippen molar-refractivity contribution in [2.24, 2.45) is 0 Å². The van der Waals surface area contributed by atoms with Crippen LogP contribution in [0, 0.1) is 0 Å². The molecule has 5 heteroatoms. The number of carbonyl (C=O) groups excluding carboxylic acids is 2. The molecular formula is C36H27NO4. The Bertz CT molecular complexity index is 1770. The van der Waals surface area contributed by atoms with Gasteiger partial charge in [-0.3, -0.25) is 0 Å². The van der Waals surface area contributed by atoms with Crippen molar-refractivity contribution >= 4 is 61.3 Å². The average Bonchev–Trinajstić information content (AvgIpc) is 3.02. The highest BCUT2D eigenvalue weighted by Gasteiger charge is 2.16. The van der Waals surface area contributed by atoms with Crippen molar-refractivity contribution in [2.75, 3.05) is 4.90 Å². The quantitative estimate of drug-likeness (QED) is 0.105. The number of ether oxygens (including phenoxy) is 2. The van der Waals surface area contributed by atoms with Crippen molar-refractivity contribution < 1.29 is 19.1 Å². The molecule has 0 radical (unpaired) electrons. The van der Waals surface area contributed by atoms with Crippen LogP contribution >= 0.6 is 0 Å². The van der Waals surface area contributed by atoms with E-state index < -0.39 is 11.9 Å². The van der Waals surface area contributed by atoms with Crippen LogP contribution in [0.5, 0.6) is 0 Å².